The van der Waals surface area contributed by atoms with Crippen LogP contribution in [0.25, 0.3) is 0 Å². The highest BCUT2D eigenvalue weighted by Gasteiger charge is 2.24. The number of hydrogen-bond donors (Lipinski definition) is 1. The summed E-state index contributed by atoms with van der Waals surface area (Å²) in [6, 6.07) is 15.3. The second kappa shape index (κ2) is 8.74. The van der Waals surface area contributed by atoms with Gasteiger partial charge in [-0.05, 0) is 61.2 Å². The van der Waals surface area contributed by atoms with Crippen molar-refractivity contribution in [3.63, 3.8) is 0 Å². The zero-order valence-electron chi connectivity index (χ0n) is 16.2. The Labute approximate surface area is 166 Å². The Hall–Kier alpha value is -2.40. The maximum Gasteiger partial charge on any atom is 0.222 e. The van der Waals surface area contributed by atoms with E-state index in [1.807, 2.05) is 4.90 Å². The molecule has 2 aromatic carbocycles. The van der Waals surface area contributed by atoms with E-state index in [0.717, 1.165) is 57.7 Å². The van der Waals surface area contributed by atoms with Crippen molar-refractivity contribution in [2.75, 3.05) is 25.0 Å². The fraction of sp³-hybridized carbons (Fsp3) is 0.435. The van der Waals surface area contributed by atoms with Crippen LogP contribution in [0, 0.1) is 5.82 Å². The van der Waals surface area contributed by atoms with Crippen LogP contribution >= 0.6 is 0 Å². The third kappa shape index (κ3) is 4.71. The molecule has 1 unspecified atom stereocenters. The molecule has 1 fully saturated rings. The Morgan fingerprint density at radius 2 is 1.79 bits per heavy atom. The van der Waals surface area contributed by atoms with Gasteiger partial charge in [-0.3, -0.25) is 9.69 Å². The number of carbonyl (C=O) groups is 1. The highest BCUT2D eigenvalue weighted by atomic mass is 19.1. The van der Waals surface area contributed by atoms with Gasteiger partial charge in [-0.2, -0.15) is 0 Å². The van der Waals surface area contributed by atoms with Crippen LogP contribution in [0.2, 0.25) is 0 Å². The fourth-order valence-electron chi connectivity index (χ4n) is 4.28. The second-order valence-electron chi connectivity index (χ2n) is 7.91. The highest BCUT2D eigenvalue weighted by molar-refractivity contribution is 5.76. The molecule has 0 bridgehead atoms. The number of amides is 1. The van der Waals surface area contributed by atoms with Crippen molar-refractivity contribution in [3.05, 3.63) is 65.5 Å². The molecule has 1 N–H and O–H groups in total. The highest BCUT2D eigenvalue weighted by Crippen LogP contribution is 2.23. The molecule has 2 aliphatic heterocycles. The number of nitrogens with zero attached hydrogens (tertiary/aromatic N) is 2. The summed E-state index contributed by atoms with van der Waals surface area (Å²) < 4.78 is 13.1. The molecule has 1 saturated heterocycles. The van der Waals surface area contributed by atoms with Crippen LogP contribution in [0.3, 0.4) is 0 Å². The molecule has 28 heavy (non-hydrogen) atoms. The molecule has 5 heteroatoms. The van der Waals surface area contributed by atoms with Gasteiger partial charge in [0.05, 0.1) is 0 Å². The molecule has 0 spiro atoms. The Morgan fingerprint density at radius 1 is 1.07 bits per heavy atom. The number of rotatable bonds is 6. The molecule has 0 aromatic heterocycles. The van der Waals surface area contributed by atoms with E-state index in [4.69, 9.17) is 0 Å². The van der Waals surface area contributed by atoms with Crippen LogP contribution < -0.4 is 5.32 Å². The third-order valence-corrected chi connectivity index (χ3v) is 5.76. The zero-order chi connectivity index (χ0) is 19.3. The molecule has 2 heterocycles. The number of fused-ring (bicyclic) bond motifs is 1. The van der Waals surface area contributed by atoms with Gasteiger partial charge in [0.2, 0.25) is 5.91 Å². The minimum atomic E-state index is -0.230. The number of likely N-dealkylation sites (tertiary alicyclic amines) is 1. The smallest absolute Gasteiger partial charge is 0.222 e. The van der Waals surface area contributed by atoms with E-state index in [1.54, 1.807) is 12.1 Å². The molecular formula is C23H28FN3O. The van der Waals surface area contributed by atoms with Crippen molar-refractivity contribution in [2.24, 2.45) is 0 Å². The summed E-state index contributed by atoms with van der Waals surface area (Å²) in [5.74, 6) is 0.0226. The van der Waals surface area contributed by atoms with E-state index in [-0.39, 0.29) is 17.8 Å². The van der Waals surface area contributed by atoms with E-state index in [2.05, 4.69) is 34.5 Å². The number of benzene rings is 2. The van der Waals surface area contributed by atoms with Crippen molar-refractivity contribution < 1.29 is 9.18 Å². The lowest BCUT2D eigenvalue weighted by atomic mass is 10.0. The number of anilines is 1. The molecule has 1 atom stereocenters. The van der Waals surface area contributed by atoms with Crippen molar-refractivity contribution in [1.29, 1.82) is 0 Å². The SMILES string of the molecule is O=C(CCCN1Cc2ccccc2C1)N1CCCC(Nc2ccc(F)cc2)C1. The second-order valence-corrected chi connectivity index (χ2v) is 7.91. The Balaban J connectivity index is 1.21. The van der Waals surface area contributed by atoms with E-state index >= 15 is 0 Å². The molecule has 2 aliphatic rings. The monoisotopic (exact) mass is 381 g/mol. The molecular weight excluding hydrogens is 353 g/mol. The normalized spacial score (nSPS) is 19.5. The summed E-state index contributed by atoms with van der Waals surface area (Å²) in [5.41, 5.74) is 3.74. The van der Waals surface area contributed by atoms with Gasteiger partial charge >= 0.3 is 0 Å². The summed E-state index contributed by atoms with van der Waals surface area (Å²) in [7, 11) is 0. The molecule has 0 saturated carbocycles. The summed E-state index contributed by atoms with van der Waals surface area (Å²) in [5, 5.41) is 3.44. The number of nitrogens with one attached hydrogen (secondary N) is 1. The topological polar surface area (TPSA) is 35.6 Å². The predicted molar refractivity (Wildman–Crippen MR) is 109 cm³/mol. The third-order valence-electron chi connectivity index (χ3n) is 5.76. The van der Waals surface area contributed by atoms with E-state index in [0.29, 0.717) is 6.42 Å². The van der Waals surface area contributed by atoms with Gasteiger partial charge in [-0.1, -0.05) is 24.3 Å². The standard InChI is InChI=1S/C23H28FN3O/c24-20-9-11-21(12-10-20)25-22-7-3-14-27(17-22)23(28)8-4-13-26-15-18-5-1-2-6-19(18)16-26/h1-2,5-6,9-12,22,25H,3-4,7-8,13-17H2. The summed E-state index contributed by atoms with van der Waals surface area (Å²) >= 11 is 0. The lowest BCUT2D eigenvalue weighted by Gasteiger charge is -2.34. The maximum absolute atomic E-state index is 13.1. The number of halogens is 1. The maximum atomic E-state index is 13.1. The minimum absolute atomic E-state index is 0.230. The first-order chi connectivity index (χ1) is 13.7. The first kappa shape index (κ1) is 18.9. The molecule has 0 aliphatic carbocycles. The summed E-state index contributed by atoms with van der Waals surface area (Å²) in [4.78, 5) is 17.1. The molecule has 4 rings (SSSR count). The van der Waals surface area contributed by atoms with Crippen LogP contribution in [0.1, 0.15) is 36.8 Å². The van der Waals surface area contributed by atoms with Gasteiger partial charge in [-0.25, -0.2) is 4.39 Å². The number of hydrogen-bond acceptors (Lipinski definition) is 3. The van der Waals surface area contributed by atoms with Gasteiger partial charge in [0, 0.05) is 44.3 Å². The quantitative estimate of drug-likeness (QED) is 0.821. The van der Waals surface area contributed by atoms with Crippen molar-refractivity contribution in [1.82, 2.24) is 9.80 Å². The average Bonchev–Trinajstić information content (AvgIpc) is 3.13. The largest absolute Gasteiger partial charge is 0.381 e. The Morgan fingerprint density at radius 3 is 2.50 bits per heavy atom. The Kier molecular flexibility index (Phi) is 5.91. The number of carbonyl (C=O) groups excluding carboxylic acids is 1. The summed E-state index contributed by atoms with van der Waals surface area (Å²) in [6.07, 6.45) is 3.55. The van der Waals surface area contributed by atoms with Gasteiger partial charge in [0.25, 0.3) is 0 Å². The first-order valence-corrected chi connectivity index (χ1v) is 10.3. The Bertz CT molecular complexity index is 783. The lowest BCUT2D eigenvalue weighted by Crippen LogP contribution is -2.45. The minimum Gasteiger partial charge on any atom is -0.381 e. The first-order valence-electron chi connectivity index (χ1n) is 10.3. The molecule has 1 amide bonds. The summed E-state index contributed by atoms with van der Waals surface area (Å²) in [6.45, 7) is 4.53. The predicted octanol–water partition coefficient (Wildman–Crippen LogP) is 4.02. The molecule has 148 valence electrons. The van der Waals surface area contributed by atoms with Crippen LogP contribution in [0.15, 0.2) is 48.5 Å². The molecule has 2 aromatic rings. The van der Waals surface area contributed by atoms with Crippen LogP contribution in [0.4, 0.5) is 10.1 Å². The average molecular weight is 381 g/mol. The zero-order valence-corrected chi connectivity index (χ0v) is 16.2. The van der Waals surface area contributed by atoms with Crippen molar-refractivity contribution in [2.45, 2.75) is 44.8 Å². The van der Waals surface area contributed by atoms with Crippen LogP contribution in [0.5, 0.6) is 0 Å². The molecule has 4 nitrogen and oxygen atoms in total. The van der Waals surface area contributed by atoms with Gasteiger partial charge in [-0.15, -0.1) is 0 Å². The van der Waals surface area contributed by atoms with Crippen LogP contribution in [-0.4, -0.2) is 41.4 Å². The van der Waals surface area contributed by atoms with Gasteiger partial charge in [0.1, 0.15) is 5.82 Å². The van der Waals surface area contributed by atoms with Crippen LogP contribution in [-0.2, 0) is 17.9 Å². The van der Waals surface area contributed by atoms with E-state index in [1.165, 1.54) is 23.3 Å². The van der Waals surface area contributed by atoms with Gasteiger partial charge < -0.3 is 10.2 Å². The van der Waals surface area contributed by atoms with Crippen molar-refractivity contribution in [3.8, 4) is 0 Å². The van der Waals surface area contributed by atoms with E-state index < -0.39 is 0 Å². The fourth-order valence-corrected chi connectivity index (χ4v) is 4.28. The van der Waals surface area contributed by atoms with Gasteiger partial charge in [0.15, 0.2) is 0 Å². The number of piperidine rings is 1. The lowest BCUT2D eigenvalue weighted by molar-refractivity contribution is -0.132. The van der Waals surface area contributed by atoms with E-state index in [9.17, 15) is 9.18 Å². The van der Waals surface area contributed by atoms with Crippen molar-refractivity contribution >= 4 is 11.6 Å². The molecule has 0 radical (unpaired) electrons.